The Morgan fingerprint density at radius 2 is 1.67 bits per heavy atom. The van der Waals surface area contributed by atoms with Gasteiger partial charge < -0.3 is 24.6 Å². The molecule has 2 aromatic rings. The first-order chi connectivity index (χ1) is 17.4. The second kappa shape index (κ2) is 10.6. The van der Waals surface area contributed by atoms with Gasteiger partial charge in [0.2, 0.25) is 0 Å². The summed E-state index contributed by atoms with van der Waals surface area (Å²) in [6.07, 6.45) is -3.57. The summed E-state index contributed by atoms with van der Waals surface area (Å²) in [5, 5.41) is 2.97. The zero-order valence-electron chi connectivity index (χ0n) is 20.1. The summed E-state index contributed by atoms with van der Waals surface area (Å²) in [6.45, 7) is 3.83. The number of rotatable bonds is 5. The Morgan fingerprint density at radius 1 is 0.944 bits per heavy atom. The number of anilines is 3. The van der Waals surface area contributed by atoms with Crippen LogP contribution in [0.15, 0.2) is 42.5 Å². The fourth-order valence-corrected chi connectivity index (χ4v) is 5.03. The number of hydrogen-bond acceptors (Lipinski definition) is 6. The number of para-hydroxylation sites is 1. The number of amides is 1. The quantitative estimate of drug-likeness (QED) is 0.673. The summed E-state index contributed by atoms with van der Waals surface area (Å²) >= 11 is 0. The molecular weight excluding hydrogens is 473 g/mol. The number of nitrogens with one attached hydrogen (secondary N) is 1. The largest absolute Gasteiger partial charge is 0.478 e. The Kier molecular flexibility index (Phi) is 7.25. The summed E-state index contributed by atoms with van der Waals surface area (Å²) in [7, 11) is 0. The van der Waals surface area contributed by atoms with Crippen LogP contribution in [0.1, 0.15) is 12.0 Å². The molecule has 3 aliphatic rings. The van der Waals surface area contributed by atoms with Crippen molar-refractivity contribution in [2.24, 2.45) is 0 Å². The lowest BCUT2D eigenvalue weighted by molar-refractivity contribution is -0.146. The number of benzene rings is 2. The molecule has 194 valence electrons. The molecule has 2 aromatic carbocycles. The number of morpholine rings is 1. The molecule has 1 atom stereocenters. The Hall–Kier alpha value is -2.98. The molecule has 2 fully saturated rings. The Balaban J connectivity index is 1.21. The monoisotopic (exact) mass is 504 g/mol. The molecule has 0 bridgehead atoms. The van der Waals surface area contributed by atoms with E-state index in [0.29, 0.717) is 63.7 Å². The summed E-state index contributed by atoms with van der Waals surface area (Å²) < 4.78 is 49.8. The number of aryl methyl sites for hydroxylation is 1. The lowest BCUT2D eigenvalue weighted by Gasteiger charge is -2.38. The number of carbonyl (C=O) groups excluding carboxylic acids is 1. The number of ether oxygens (including phenoxy) is 2. The third kappa shape index (κ3) is 5.87. The van der Waals surface area contributed by atoms with E-state index in [-0.39, 0.29) is 5.91 Å². The van der Waals surface area contributed by atoms with Gasteiger partial charge in [-0.15, -0.1) is 0 Å². The van der Waals surface area contributed by atoms with Crippen LogP contribution in [-0.4, -0.2) is 82.1 Å². The average Bonchev–Trinajstić information content (AvgIpc) is 2.88. The van der Waals surface area contributed by atoms with Crippen molar-refractivity contribution in [2.45, 2.75) is 25.1 Å². The van der Waals surface area contributed by atoms with E-state index < -0.39 is 18.8 Å². The maximum Gasteiger partial charge on any atom is 0.401 e. The first kappa shape index (κ1) is 24.7. The third-order valence-electron chi connectivity index (χ3n) is 6.93. The standard InChI is InChI=1S/C26H31F3N4O3/c27-26(28,29)18-31-10-12-33(13-11-31)22-3-1-2-19-4-9-23(36-24(19)22)25(34)30-20-5-7-21(8-6-20)32-14-16-35-17-15-32/h1-3,5-8,23H,4,9-18H2,(H,30,34). The molecule has 0 aromatic heterocycles. The molecule has 1 N–H and O–H groups in total. The molecule has 0 aliphatic carbocycles. The summed E-state index contributed by atoms with van der Waals surface area (Å²) in [5.74, 6) is 0.459. The minimum Gasteiger partial charge on any atom is -0.478 e. The number of nitrogens with zero attached hydrogens (tertiary/aromatic N) is 3. The topological polar surface area (TPSA) is 57.3 Å². The van der Waals surface area contributed by atoms with Gasteiger partial charge in [0.25, 0.3) is 5.91 Å². The molecule has 5 rings (SSSR count). The van der Waals surface area contributed by atoms with Gasteiger partial charge in [0.1, 0.15) is 5.75 Å². The first-order valence-corrected chi connectivity index (χ1v) is 12.4. The Bertz CT molecular complexity index is 1050. The molecular formula is C26H31F3N4O3. The Morgan fingerprint density at radius 3 is 2.36 bits per heavy atom. The number of fused-ring (bicyclic) bond motifs is 1. The van der Waals surface area contributed by atoms with Crippen molar-refractivity contribution in [1.82, 2.24) is 4.90 Å². The number of hydrogen-bond donors (Lipinski definition) is 1. The fraction of sp³-hybridized carbons (Fsp3) is 0.500. The molecule has 10 heteroatoms. The highest BCUT2D eigenvalue weighted by Gasteiger charge is 2.34. The SMILES string of the molecule is O=C(Nc1ccc(N2CCOCC2)cc1)C1CCc2cccc(N3CCN(CC(F)(F)F)CC3)c2O1. The molecule has 1 unspecified atom stereocenters. The summed E-state index contributed by atoms with van der Waals surface area (Å²) in [5.41, 5.74) is 3.66. The van der Waals surface area contributed by atoms with Crippen LogP contribution in [0.4, 0.5) is 30.2 Å². The summed E-state index contributed by atoms with van der Waals surface area (Å²) in [4.78, 5) is 18.8. The van der Waals surface area contributed by atoms with Gasteiger partial charge >= 0.3 is 6.18 Å². The van der Waals surface area contributed by atoms with Crippen LogP contribution < -0.4 is 19.9 Å². The van der Waals surface area contributed by atoms with Crippen molar-refractivity contribution in [3.63, 3.8) is 0 Å². The van der Waals surface area contributed by atoms with Crippen molar-refractivity contribution in [1.29, 1.82) is 0 Å². The fourth-order valence-electron chi connectivity index (χ4n) is 5.03. The van der Waals surface area contributed by atoms with E-state index in [9.17, 15) is 18.0 Å². The van der Waals surface area contributed by atoms with Crippen LogP contribution in [0.5, 0.6) is 5.75 Å². The minimum atomic E-state index is -4.19. The van der Waals surface area contributed by atoms with Crippen LogP contribution in [0.2, 0.25) is 0 Å². The smallest absolute Gasteiger partial charge is 0.401 e. The van der Waals surface area contributed by atoms with Crippen molar-refractivity contribution >= 4 is 23.0 Å². The van der Waals surface area contributed by atoms with E-state index >= 15 is 0 Å². The van der Waals surface area contributed by atoms with E-state index in [4.69, 9.17) is 9.47 Å². The molecule has 36 heavy (non-hydrogen) atoms. The van der Waals surface area contributed by atoms with Crippen molar-refractivity contribution in [2.75, 3.05) is 74.1 Å². The molecule has 3 heterocycles. The third-order valence-corrected chi connectivity index (χ3v) is 6.93. The van der Waals surface area contributed by atoms with Crippen molar-refractivity contribution in [3.05, 3.63) is 48.0 Å². The second-order valence-electron chi connectivity index (χ2n) is 9.42. The van der Waals surface area contributed by atoms with E-state index in [1.807, 2.05) is 42.5 Å². The van der Waals surface area contributed by atoms with Gasteiger partial charge in [-0.2, -0.15) is 13.2 Å². The average molecular weight is 505 g/mol. The second-order valence-corrected chi connectivity index (χ2v) is 9.42. The van der Waals surface area contributed by atoms with Gasteiger partial charge in [-0.1, -0.05) is 12.1 Å². The highest BCUT2D eigenvalue weighted by atomic mass is 19.4. The van der Waals surface area contributed by atoms with Crippen LogP contribution in [-0.2, 0) is 16.0 Å². The Labute approximate surface area is 208 Å². The van der Waals surface area contributed by atoms with Gasteiger partial charge in [-0.3, -0.25) is 9.69 Å². The number of carbonyl (C=O) groups is 1. The zero-order chi connectivity index (χ0) is 25.1. The maximum atomic E-state index is 13.0. The van der Waals surface area contributed by atoms with Gasteiger partial charge in [-0.05, 0) is 48.7 Å². The number of halogens is 3. The van der Waals surface area contributed by atoms with Gasteiger partial charge in [0.05, 0.1) is 25.4 Å². The normalized spacial score (nSPS) is 21.0. The van der Waals surface area contributed by atoms with Crippen LogP contribution in [0.3, 0.4) is 0 Å². The summed E-state index contributed by atoms with van der Waals surface area (Å²) in [6, 6.07) is 13.6. The highest BCUT2D eigenvalue weighted by molar-refractivity contribution is 5.95. The minimum absolute atomic E-state index is 0.204. The molecule has 1 amide bonds. The lowest BCUT2D eigenvalue weighted by Crippen LogP contribution is -2.49. The van der Waals surface area contributed by atoms with Crippen LogP contribution in [0, 0.1) is 0 Å². The highest BCUT2D eigenvalue weighted by Crippen LogP contribution is 2.38. The lowest BCUT2D eigenvalue weighted by atomic mass is 10.00. The van der Waals surface area contributed by atoms with E-state index in [0.717, 1.165) is 30.0 Å². The molecule has 3 aliphatic heterocycles. The van der Waals surface area contributed by atoms with Gasteiger partial charge in [0, 0.05) is 50.6 Å². The molecule has 0 saturated carbocycles. The number of piperazine rings is 1. The van der Waals surface area contributed by atoms with Crippen LogP contribution >= 0.6 is 0 Å². The van der Waals surface area contributed by atoms with Crippen molar-refractivity contribution in [3.8, 4) is 5.75 Å². The first-order valence-electron chi connectivity index (χ1n) is 12.4. The zero-order valence-corrected chi connectivity index (χ0v) is 20.1. The van der Waals surface area contributed by atoms with Crippen LogP contribution in [0.25, 0.3) is 0 Å². The molecule has 0 radical (unpaired) electrons. The number of alkyl halides is 3. The maximum absolute atomic E-state index is 13.0. The molecule has 0 spiro atoms. The van der Waals surface area contributed by atoms with E-state index in [1.54, 1.807) is 0 Å². The molecule has 2 saturated heterocycles. The predicted molar refractivity (Wildman–Crippen MR) is 132 cm³/mol. The predicted octanol–water partition coefficient (Wildman–Crippen LogP) is 3.54. The van der Waals surface area contributed by atoms with E-state index in [1.165, 1.54) is 4.90 Å². The van der Waals surface area contributed by atoms with Gasteiger partial charge in [0.15, 0.2) is 6.10 Å². The molecule has 7 nitrogen and oxygen atoms in total. The van der Waals surface area contributed by atoms with Crippen molar-refractivity contribution < 1.29 is 27.4 Å². The van der Waals surface area contributed by atoms with E-state index in [2.05, 4.69) is 15.1 Å². The van der Waals surface area contributed by atoms with Gasteiger partial charge in [-0.25, -0.2) is 0 Å².